The third-order valence-electron chi connectivity index (χ3n) is 2.18. The third kappa shape index (κ3) is 1.35. The number of hydrogen-bond donors (Lipinski definition) is 0. The van der Waals surface area contributed by atoms with Gasteiger partial charge in [-0.3, -0.25) is 0 Å². The van der Waals surface area contributed by atoms with Crippen molar-refractivity contribution in [3.63, 3.8) is 0 Å². The Bertz CT molecular complexity index is 477. The van der Waals surface area contributed by atoms with Gasteiger partial charge >= 0.3 is 0 Å². The molecule has 0 aliphatic carbocycles. The second-order valence-corrected chi connectivity index (χ2v) is 3.00. The van der Waals surface area contributed by atoms with Gasteiger partial charge in [0.2, 0.25) is 5.88 Å². The smallest absolute Gasteiger partial charge is 0.221 e. The fourth-order valence-corrected chi connectivity index (χ4v) is 1.46. The fourth-order valence-electron chi connectivity index (χ4n) is 1.46. The van der Waals surface area contributed by atoms with Crippen LogP contribution in [0.25, 0.3) is 16.8 Å². The van der Waals surface area contributed by atoms with Gasteiger partial charge in [0, 0.05) is 11.6 Å². The minimum Gasteiger partial charge on any atom is -0.481 e. The summed E-state index contributed by atoms with van der Waals surface area (Å²) in [6.07, 6.45) is 3.57. The van der Waals surface area contributed by atoms with Crippen LogP contribution in [0, 0.1) is 0 Å². The van der Waals surface area contributed by atoms with Crippen LogP contribution in [-0.4, -0.2) is 12.1 Å². The standard InChI is InChI=1S/C12H11NO/c1-3-9-4-5-11-10(8-9)6-7-13-12(11)14-2/h3-8H,1H2,2H3. The normalized spacial score (nSPS) is 10.1. The van der Waals surface area contributed by atoms with Gasteiger partial charge in [-0.2, -0.15) is 0 Å². The summed E-state index contributed by atoms with van der Waals surface area (Å²) in [6.45, 7) is 3.73. The maximum absolute atomic E-state index is 5.16. The molecular formula is C12H11NO. The maximum atomic E-state index is 5.16. The molecule has 0 unspecified atom stereocenters. The van der Waals surface area contributed by atoms with Gasteiger partial charge < -0.3 is 4.74 Å². The van der Waals surface area contributed by atoms with Gasteiger partial charge in [-0.25, -0.2) is 4.98 Å². The van der Waals surface area contributed by atoms with Crippen LogP contribution in [0.2, 0.25) is 0 Å². The summed E-state index contributed by atoms with van der Waals surface area (Å²) in [5.74, 6) is 0.665. The fraction of sp³-hybridized carbons (Fsp3) is 0.0833. The van der Waals surface area contributed by atoms with E-state index in [2.05, 4.69) is 17.6 Å². The molecule has 0 saturated carbocycles. The molecule has 70 valence electrons. The van der Waals surface area contributed by atoms with E-state index in [0.717, 1.165) is 16.3 Å². The molecule has 0 aliphatic rings. The van der Waals surface area contributed by atoms with Gasteiger partial charge in [0.1, 0.15) is 0 Å². The molecule has 14 heavy (non-hydrogen) atoms. The van der Waals surface area contributed by atoms with E-state index in [-0.39, 0.29) is 0 Å². The number of pyridine rings is 1. The van der Waals surface area contributed by atoms with E-state index >= 15 is 0 Å². The Balaban J connectivity index is 2.73. The monoisotopic (exact) mass is 185 g/mol. The zero-order chi connectivity index (χ0) is 9.97. The number of nitrogens with zero attached hydrogens (tertiary/aromatic N) is 1. The highest BCUT2D eigenvalue weighted by Crippen LogP contribution is 2.23. The summed E-state index contributed by atoms with van der Waals surface area (Å²) in [5.41, 5.74) is 1.10. The van der Waals surface area contributed by atoms with Crippen LogP contribution in [0.1, 0.15) is 5.56 Å². The number of ether oxygens (including phenoxy) is 1. The number of fused-ring (bicyclic) bond motifs is 1. The van der Waals surface area contributed by atoms with Crippen LogP contribution in [0.4, 0.5) is 0 Å². The molecule has 1 aromatic heterocycles. The summed E-state index contributed by atoms with van der Waals surface area (Å²) in [5, 5.41) is 2.15. The molecule has 1 aromatic carbocycles. The molecular weight excluding hydrogens is 174 g/mol. The second kappa shape index (κ2) is 3.50. The predicted molar refractivity (Wildman–Crippen MR) is 58.4 cm³/mol. The van der Waals surface area contributed by atoms with E-state index in [0.29, 0.717) is 5.88 Å². The first-order chi connectivity index (χ1) is 6.85. The van der Waals surface area contributed by atoms with E-state index in [1.807, 2.05) is 24.3 Å². The quantitative estimate of drug-likeness (QED) is 0.717. The number of benzene rings is 1. The van der Waals surface area contributed by atoms with Crippen molar-refractivity contribution in [2.75, 3.05) is 7.11 Å². The van der Waals surface area contributed by atoms with Crippen molar-refractivity contribution in [3.8, 4) is 5.88 Å². The van der Waals surface area contributed by atoms with Gasteiger partial charge in [0.05, 0.1) is 7.11 Å². The Labute approximate surface area is 82.9 Å². The molecule has 0 fully saturated rings. The van der Waals surface area contributed by atoms with Crippen LogP contribution >= 0.6 is 0 Å². The van der Waals surface area contributed by atoms with Crippen molar-refractivity contribution in [1.82, 2.24) is 4.98 Å². The molecule has 0 atom stereocenters. The van der Waals surface area contributed by atoms with E-state index in [9.17, 15) is 0 Å². The third-order valence-corrected chi connectivity index (χ3v) is 2.18. The first-order valence-electron chi connectivity index (χ1n) is 4.40. The van der Waals surface area contributed by atoms with E-state index < -0.39 is 0 Å². The molecule has 2 nitrogen and oxygen atoms in total. The Kier molecular flexibility index (Phi) is 2.19. The number of hydrogen-bond acceptors (Lipinski definition) is 2. The van der Waals surface area contributed by atoms with Crippen molar-refractivity contribution in [2.24, 2.45) is 0 Å². The zero-order valence-electron chi connectivity index (χ0n) is 8.03. The van der Waals surface area contributed by atoms with Gasteiger partial charge in [0.25, 0.3) is 0 Å². The van der Waals surface area contributed by atoms with Gasteiger partial charge in [-0.05, 0) is 29.1 Å². The van der Waals surface area contributed by atoms with E-state index in [1.165, 1.54) is 0 Å². The van der Waals surface area contributed by atoms with Crippen molar-refractivity contribution >= 4 is 16.8 Å². The lowest BCUT2D eigenvalue weighted by Gasteiger charge is -2.04. The average Bonchev–Trinajstić information content (AvgIpc) is 2.27. The maximum Gasteiger partial charge on any atom is 0.221 e. The predicted octanol–water partition coefficient (Wildman–Crippen LogP) is 2.89. The molecule has 0 saturated heterocycles. The highest BCUT2D eigenvalue weighted by molar-refractivity contribution is 5.88. The first-order valence-corrected chi connectivity index (χ1v) is 4.40. The van der Waals surface area contributed by atoms with Gasteiger partial charge in [-0.1, -0.05) is 18.7 Å². The molecule has 2 aromatic rings. The van der Waals surface area contributed by atoms with Crippen molar-refractivity contribution in [1.29, 1.82) is 0 Å². The minimum absolute atomic E-state index is 0.665. The average molecular weight is 185 g/mol. The minimum atomic E-state index is 0.665. The van der Waals surface area contributed by atoms with Crippen LogP contribution in [0.3, 0.4) is 0 Å². The SMILES string of the molecule is C=Cc1ccc2c(OC)nccc2c1. The molecule has 2 heteroatoms. The van der Waals surface area contributed by atoms with Crippen molar-refractivity contribution < 1.29 is 4.74 Å². The van der Waals surface area contributed by atoms with E-state index in [4.69, 9.17) is 4.74 Å². The Morgan fingerprint density at radius 3 is 2.93 bits per heavy atom. The number of rotatable bonds is 2. The lowest BCUT2D eigenvalue weighted by atomic mass is 10.1. The molecule has 0 spiro atoms. The molecule has 0 aliphatic heterocycles. The molecule has 2 rings (SSSR count). The molecule has 0 bridgehead atoms. The topological polar surface area (TPSA) is 22.1 Å². The first kappa shape index (κ1) is 8.75. The molecule has 1 heterocycles. The molecule has 0 amide bonds. The van der Waals surface area contributed by atoms with Crippen molar-refractivity contribution in [2.45, 2.75) is 0 Å². The van der Waals surface area contributed by atoms with E-state index in [1.54, 1.807) is 13.3 Å². The van der Waals surface area contributed by atoms with Crippen LogP contribution in [-0.2, 0) is 0 Å². The lowest BCUT2D eigenvalue weighted by Crippen LogP contribution is -1.88. The van der Waals surface area contributed by atoms with Crippen molar-refractivity contribution in [3.05, 3.63) is 42.6 Å². The van der Waals surface area contributed by atoms with Gasteiger partial charge in [-0.15, -0.1) is 0 Å². The zero-order valence-corrected chi connectivity index (χ0v) is 8.03. The highest BCUT2D eigenvalue weighted by Gasteiger charge is 2.01. The van der Waals surface area contributed by atoms with Crippen LogP contribution < -0.4 is 4.74 Å². The Hall–Kier alpha value is -1.83. The number of methoxy groups -OCH3 is 1. The number of aromatic nitrogens is 1. The second-order valence-electron chi connectivity index (χ2n) is 3.00. The summed E-state index contributed by atoms with van der Waals surface area (Å²) >= 11 is 0. The summed E-state index contributed by atoms with van der Waals surface area (Å²) in [4.78, 5) is 4.13. The summed E-state index contributed by atoms with van der Waals surface area (Å²) in [7, 11) is 1.63. The Morgan fingerprint density at radius 1 is 1.36 bits per heavy atom. The summed E-state index contributed by atoms with van der Waals surface area (Å²) < 4.78 is 5.16. The highest BCUT2D eigenvalue weighted by atomic mass is 16.5. The lowest BCUT2D eigenvalue weighted by molar-refractivity contribution is 0.403. The Morgan fingerprint density at radius 2 is 2.21 bits per heavy atom. The molecule has 0 radical (unpaired) electrons. The van der Waals surface area contributed by atoms with Crippen LogP contribution in [0.5, 0.6) is 5.88 Å². The molecule has 0 N–H and O–H groups in total. The van der Waals surface area contributed by atoms with Gasteiger partial charge in [0.15, 0.2) is 0 Å². The largest absolute Gasteiger partial charge is 0.481 e. The summed E-state index contributed by atoms with van der Waals surface area (Å²) in [6, 6.07) is 8.02. The van der Waals surface area contributed by atoms with Crippen LogP contribution in [0.15, 0.2) is 37.0 Å².